The summed E-state index contributed by atoms with van der Waals surface area (Å²) in [5.74, 6) is -36.4. The van der Waals surface area contributed by atoms with Crippen LogP contribution in [0.2, 0.25) is 0 Å². The van der Waals surface area contributed by atoms with Crippen LogP contribution in [0.3, 0.4) is 0 Å². The van der Waals surface area contributed by atoms with Crippen LogP contribution in [0.4, 0.5) is 57.1 Å². The lowest BCUT2D eigenvalue weighted by molar-refractivity contribution is 0.379. The van der Waals surface area contributed by atoms with E-state index in [2.05, 4.69) is 0 Å². The smallest absolute Gasteiger partial charge is 0.200 e. The van der Waals surface area contributed by atoms with Crippen LogP contribution < -0.4 is 0 Å². The topological polar surface area (TPSA) is 23.8 Å². The van der Waals surface area contributed by atoms with Crippen LogP contribution in [0.15, 0.2) is 0 Å². The van der Waals surface area contributed by atoms with E-state index in [4.69, 9.17) is 5.26 Å². The highest BCUT2D eigenvalue weighted by Crippen LogP contribution is 2.43. The zero-order valence-electron chi connectivity index (χ0n) is 14.9. The fourth-order valence-electron chi connectivity index (χ4n) is 2.87. The predicted molar refractivity (Wildman–Crippen MR) is 81.5 cm³/mol. The maximum Gasteiger partial charge on any atom is 0.200 e. The molecule has 0 saturated carbocycles. The van der Waals surface area contributed by atoms with Crippen molar-refractivity contribution in [3.8, 4) is 28.3 Å². The second-order valence-electron chi connectivity index (χ2n) is 6.07. The Kier molecular flexibility index (Phi) is 5.78. The van der Waals surface area contributed by atoms with Gasteiger partial charge in [0.2, 0.25) is 11.6 Å². The second-order valence-corrected chi connectivity index (χ2v) is 6.07. The highest BCUT2D eigenvalue weighted by Gasteiger charge is 2.37. The number of hydrogen-bond donors (Lipinski definition) is 0. The van der Waals surface area contributed by atoms with E-state index in [1.807, 2.05) is 0 Å². The number of rotatable bonds is 2. The number of nitrogens with zero attached hydrogens (tertiary/aromatic N) is 1. The minimum absolute atomic E-state index is 0.669. The average molecular weight is 489 g/mol. The van der Waals surface area contributed by atoms with Gasteiger partial charge in [0.05, 0.1) is 16.7 Å². The van der Waals surface area contributed by atoms with Gasteiger partial charge in [-0.3, -0.25) is 0 Å². The zero-order valence-corrected chi connectivity index (χ0v) is 14.9. The van der Waals surface area contributed by atoms with Gasteiger partial charge in [0.25, 0.3) is 0 Å². The summed E-state index contributed by atoms with van der Waals surface area (Å²) < 4.78 is 181. The fraction of sp³-hybridized carbons (Fsp3) is 0. The molecule has 3 rings (SSSR count). The Morgan fingerprint density at radius 3 is 0.879 bits per heavy atom. The van der Waals surface area contributed by atoms with Crippen molar-refractivity contribution >= 4 is 0 Å². The van der Waals surface area contributed by atoms with Crippen LogP contribution in [-0.4, -0.2) is 0 Å². The number of halogens is 13. The monoisotopic (exact) mass is 489 g/mol. The number of nitriles is 1. The Labute approximate surface area is 172 Å². The van der Waals surface area contributed by atoms with Gasteiger partial charge in [0.1, 0.15) is 17.4 Å². The largest absolute Gasteiger partial charge is 0.205 e. The van der Waals surface area contributed by atoms with Crippen molar-refractivity contribution < 1.29 is 57.1 Å². The summed E-state index contributed by atoms with van der Waals surface area (Å²) in [7, 11) is 0. The van der Waals surface area contributed by atoms with E-state index in [9.17, 15) is 52.7 Å². The molecule has 0 aliphatic rings. The summed E-state index contributed by atoms with van der Waals surface area (Å²) in [6.07, 6.45) is 0. The first-order chi connectivity index (χ1) is 15.3. The Bertz CT molecular complexity index is 1350. The van der Waals surface area contributed by atoms with Gasteiger partial charge in [0, 0.05) is 5.56 Å². The summed E-state index contributed by atoms with van der Waals surface area (Å²) in [5.41, 5.74) is -11.6. The standard InChI is InChI=1S/C19F13N/c20-7-2(1-33)3(4-10(23)14(27)18(31)15(28)11(4)24)8(21)5(9(7)22)6-12(25)16(29)19(32)17(30)13(6)26. The normalized spacial score (nSPS) is 11.2. The molecular weight excluding hydrogens is 489 g/mol. The van der Waals surface area contributed by atoms with Crippen LogP contribution in [-0.2, 0) is 0 Å². The van der Waals surface area contributed by atoms with Gasteiger partial charge >= 0.3 is 0 Å². The van der Waals surface area contributed by atoms with E-state index in [0.29, 0.717) is 6.07 Å². The summed E-state index contributed by atoms with van der Waals surface area (Å²) >= 11 is 0. The van der Waals surface area contributed by atoms with Gasteiger partial charge in [-0.15, -0.1) is 0 Å². The molecule has 0 spiro atoms. The molecule has 0 amide bonds. The minimum atomic E-state index is -2.86. The first-order valence-electron chi connectivity index (χ1n) is 7.93. The van der Waals surface area contributed by atoms with Gasteiger partial charge in [0.15, 0.2) is 58.2 Å². The molecule has 0 aliphatic carbocycles. The van der Waals surface area contributed by atoms with E-state index < -0.39 is 103 Å². The number of benzene rings is 3. The molecule has 0 fully saturated rings. The molecule has 0 aliphatic heterocycles. The second kappa shape index (κ2) is 7.98. The maximum atomic E-state index is 15.1. The van der Waals surface area contributed by atoms with E-state index >= 15 is 4.39 Å². The maximum absolute atomic E-state index is 15.1. The molecular formula is C19F13N. The van der Waals surface area contributed by atoms with Gasteiger partial charge in [-0.25, -0.2) is 57.1 Å². The minimum Gasteiger partial charge on any atom is -0.205 e. The van der Waals surface area contributed by atoms with Crippen LogP contribution >= 0.6 is 0 Å². The summed E-state index contributed by atoms with van der Waals surface area (Å²) in [6.45, 7) is 0. The summed E-state index contributed by atoms with van der Waals surface area (Å²) in [4.78, 5) is 0. The lowest BCUT2D eigenvalue weighted by Gasteiger charge is -2.16. The third-order valence-corrected chi connectivity index (χ3v) is 4.35. The Morgan fingerprint density at radius 2 is 0.545 bits per heavy atom. The first kappa shape index (κ1) is 23.9. The lowest BCUT2D eigenvalue weighted by Crippen LogP contribution is -2.12. The molecule has 0 heterocycles. The van der Waals surface area contributed by atoms with E-state index in [0.717, 1.165) is 0 Å². The highest BCUT2D eigenvalue weighted by atomic mass is 19.2. The Balaban J connectivity index is 2.64. The molecule has 1 nitrogen and oxygen atoms in total. The molecule has 0 unspecified atom stereocenters. The van der Waals surface area contributed by atoms with Crippen LogP contribution in [0.25, 0.3) is 22.3 Å². The third kappa shape index (κ3) is 3.18. The molecule has 0 saturated heterocycles. The van der Waals surface area contributed by atoms with Crippen molar-refractivity contribution in [2.45, 2.75) is 0 Å². The molecule has 0 N–H and O–H groups in total. The van der Waals surface area contributed by atoms with Crippen molar-refractivity contribution in [2.24, 2.45) is 0 Å². The van der Waals surface area contributed by atoms with Crippen molar-refractivity contribution in [1.82, 2.24) is 0 Å². The van der Waals surface area contributed by atoms with Crippen LogP contribution in [0, 0.1) is 87.0 Å². The van der Waals surface area contributed by atoms with Crippen molar-refractivity contribution in [1.29, 1.82) is 5.26 Å². The summed E-state index contributed by atoms with van der Waals surface area (Å²) in [6, 6.07) is 0.669. The summed E-state index contributed by atoms with van der Waals surface area (Å²) in [5, 5.41) is 8.93. The SMILES string of the molecule is N#Cc1c(F)c(F)c(-c2c(F)c(F)c(F)c(F)c2F)c(F)c1-c1c(F)c(F)c(F)c(F)c1F. The Morgan fingerprint density at radius 1 is 0.303 bits per heavy atom. The van der Waals surface area contributed by atoms with Crippen LogP contribution in [0.5, 0.6) is 0 Å². The molecule has 14 heteroatoms. The van der Waals surface area contributed by atoms with Crippen molar-refractivity contribution in [2.75, 3.05) is 0 Å². The van der Waals surface area contributed by atoms with E-state index in [-0.39, 0.29) is 0 Å². The van der Waals surface area contributed by atoms with E-state index in [1.54, 1.807) is 0 Å². The predicted octanol–water partition coefficient (Wildman–Crippen LogP) is 6.70. The first-order valence-corrected chi connectivity index (χ1v) is 7.93. The van der Waals surface area contributed by atoms with Crippen LogP contribution in [0.1, 0.15) is 5.56 Å². The Hall–Kier alpha value is -3.76. The lowest BCUT2D eigenvalue weighted by atomic mass is 9.91. The van der Waals surface area contributed by atoms with Gasteiger partial charge in [-0.05, 0) is 0 Å². The molecule has 3 aromatic rings. The van der Waals surface area contributed by atoms with Crippen molar-refractivity contribution in [3.63, 3.8) is 0 Å². The molecule has 0 aromatic heterocycles. The van der Waals surface area contributed by atoms with Gasteiger partial charge in [-0.1, -0.05) is 0 Å². The zero-order chi connectivity index (χ0) is 25.1. The van der Waals surface area contributed by atoms with E-state index in [1.165, 1.54) is 0 Å². The molecule has 0 bridgehead atoms. The van der Waals surface area contributed by atoms with Gasteiger partial charge < -0.3 is 0 Å². The number of hydrogen-bond acceptors (Lipinski definition) is 1. The average Bonchev–Trinajstić information content (AvgIpc) is 2.79. The molecule has 3 aromatic carbocycles. The quantitative estimate of drug-likeness (QED) is 0.223. The van der Waals surface area contributed by atoms with Crippen molar-refractivity contribution in [3.05, 3.63) is 81.2 Å². The fourth-order valence-corrected chi connectivity index (χ4v) is 2.87. The highest BCUT2D eigenvalue weighted by molar-refractivity contribution is 5.80. The molecule has 0 atom stereocenters. The molecule has 0 radical (unpaired) electrons. The molecule has 172 valence electrons. The third-order valence-electron chi connectivity index (χ3n) is 4.35. The molecule has 33 heavy (non-hydrogen) atoms. The van der Waals surface area contributed by atoms with Gasteiger partial charge in [-0.2, -0.15) is 5.26 Å².